The standard InChI is InChI=1S/C24H35ClN2O3/c25-22-4-3-17(15-26-6-8-30-9-7-28)12-21(22)23(29)27-16-24-5-1-2-19-10-18(13-24)11-20(19)14-24/h3-4,12,18-20,26,28H,1-2,5-11,13-16H2,(H,27,29)/t18?,19-,20-,24?/m1/s1. The van der Waals surface area contributed by atoms with E-state index >= 15 is 0 Å². The van der Waals surface area contributed by atoms with Gasteiger partial charge in [0, 0.05) is 19.6 Å². The van der Waals surface area contributed by atoms with Crippen molar-refractivity contribution in [3.05, 3.63) is 34.3 Å². The Hall–Kier alpha value is -1.14. The number of hydrogen-bond acceptors (Lipinski definition) is 4. The van der Waals surface area contributed by atoms with Crippen LogP contribution < -0.4 is 10.6 Å². The van der Waals surface area contributed by atoms with Crippen molar-refractivity contribution >= 4 is 17.5 Å². The third-order valence-electron chi connectivity index (χ3n) is 7.53. The van der Waals surface area contributed by atoms with Crippen molar-refractivity contribution < 1.29 is 14.6 Å². The molecular weight excluding hydrogens is 400 g/mol. The van der Waals surface area contributed by atoms with E-state index in [9.17, 15) is 4.79 Å². The Balaban J connectivity index is 1.32. The summed E-state index contributed by atoms with van der Waals surface area (Å²) in [5, 5.41) is 15.8. The SMILES string of the molecule is O=C(NCC12CCC[C@@H]3CC(C[C@@H]3C1)C2)c1cc(CNCCOCCO)ccc1Cl. The number of aliphatic hydroxyl groups excluding tert-OH is 1. The number of fused-ring (bicyclic) bond motifs is 2. The van der Waals surface area contributed by atoms with Crippen LogP contribution in [0.15, 0.2) is 18.2 Å². The molecule has 0 saturated heterocycles. The number of amides is 1. The minimum Gasteiger partial charge on any atom is -0.394 e. The molecule has 3 saturated carbocycles. The predicted molar refractivity (Wildman–Crippen MR) is 119 cm³/mol. The van der Waals surface area contributed by atoms with Gasteiger partial charge in [0.1, 0.15) is 0 Å². The minimum atomic E-state index is -0.0544. The summed E-state index contributed by atoms with van der Waals surface area (Å²) in [5.74, 6) is 2.66. The smallest absolute Gasteiger partial charge is 0.252 e. The summed E-state index contributed by atoms with van der Waals surface area (Å²) in [6.07, 6.45) is 9.39. The summed E-state index contributed by atoms with van der Waals surface area (Å²) in [4.78, 5) is 13.0. The van der Waals surface area contributed by atoms with Crippen LogP contribution in [0.5, 0.6) is 0 Å². The number of ether oxygens (including phenoxy) is 1. The first kappa shape index (κ1) is 22.1. The molecule has 3 aliphatic rings. The van der Waals surface area contributed by atoms with Gasteiger partial charge in [0.2, 0.25) is 0 Å². The molecule has 2 unspecified atom stereocenters. The van der Waals surface area contributed by atoms with E-state index in [1.807, 2.05) is 18.2 Å². The molecule has 6 heteroatoms. The molecule has 5 nitrogen and oxygen atoms in total. The number of carbonyl (C=O) groups excluding carboxylic acids is 1. The molecule has 1 amide bonds. The molecule has 30 heavy (non-hydrogen) atoms. The van der Waals surface area contributed by atoms with Crippen molar-refractivity contribution in [3.8, 4) is 0 Å². The van der Waals surface area contributed by atoms with Crippen LogP contribution in [0.1, 0.15) is 60.9 Å². The molecule has 3 fully saturated rings. The summed E-state index contributed by atoms with van der Waals surface area (Å²) in [6.45, 7) is 3.07. The second kappa shape index (κ2) is 9.99. The average molecular weight is 435 g/mol. The first-order valence-corrected chi connectivity index (χ1v) is 11.9. The number of carbonyl (C=O) groups is 1. The predicted octanol–water partition coefficient (Wildman–Crippen LogP) is 3.77. The molecule has 4 atom stereocenters. The third-order valence-corrected chi connectivity index (χ3v) is 7.85. The van der Waals surface area contributed by atoms with E-state index in [1.165, 1.54) is 44.9 Å². The second-order valence-electron chi connectivity index (χ2n) is 9.67. The molecule has 3 aliphatic carbocycles. The number of nitrogens with one attached hydrogen (secondary N) is 2. The highest BCUT2D eigenvalue weighted by atomic mass is 35.5. The first-order valence-electron chi connectivity index (χ1n) is 11.5. The number of halogens is 1. The molecule has 1 aromatic carbocycles. The highest BCUT2D eigenvalue weighted by Gasteiger charge is 2.49. The highest BCUT2D eigenvalue weighted by molar-refractivity contribution is 6.33. The van der Waals surface area contributed by atoms with E-state index in [2.05, 4.69) is 10.6 Å². The van der Waals surface area contributed by atoms with Crippen LogP contribution in [-0.4, -0.2) is 43.9 Å². The normalized spacial score (nSPS) is 29.7. The lowest BCUT2D eigenvalue weighted by Crippen LogP contribution is -2.41. The van der Waals surface area contributed by atoms with E-state index in [0.717, 1.165) is 29.9 Å². The molecule has 0 radical (unpaired) electrons. The van der Waals surface area contributed by atoms with Gasteiger partial charge in [-0.2, -0.15) is 0 Å². The fourth-order valence-corrected chi connectivity index (χ4v) is 6.50. The number of rotatable bonds is 10. The van der Waals surface area contributed by atoms with Gasteiger partial charge in [0.15, 0.2) is 0 Å². The summed E-state index contributed by atoms with van der Waals surface area (Å²) in [6, 6.07) is 5.65. The quantitative estimate of drug-likeness (QED) is 0.490. The Morgan fingerprint density at radius 1 is 1.23 bits per heavy atom. The molecule has 4 rings (SSSR count). The van der Waals surface area contributed by atoms with Gasteiger partial charge in [-0.25, -0.2) is 0 Å². The van der Waals surface area contributed by atoms with Crippen LogP contribution in [0, 0.1) is 23.2 Å². The molecule has 0 heterocycles. The monoisotopic (exact) mass is 434 g/mol. The van der Waals surface area contributed by atoms with Crippen molar-refractivity contribution in [3.63, 3.8) is 0 Å². The fourth-order valence-electron chi connectivity index (χ4n) is 6.30. The largest absolute Gasteiger partial charge is 0.394 e. The van der Waals surface area contributed by atoms with Gasteiger partial charge in [-0.3, -0.25) is 4.79 Å². The summed E-state index contributed by atoms with van der Waals surface area (Å²) < 4.78 is 5.25. The summed E-state index contributed by atoms with van der Waals surface area (Å²) in [5.41, 5.74) is 1.89. The molecule has 166 valence electrons. The molecular formula is C24H35ClN2O3. The third kappa shape index (κ3) is 5.18. The van der Waals surface area contributed by atoms with Crippen LogP contribution in [0.4, 0.5) is 0 Å². The number of hydrogen-bond donors (Lipinski definition) is 3. The van der Waals surface area contributed by atoms with Crippen LogP contribution in [-0.2, 0) is 11.3 Å². The van der Waals surface area contributed by atoms with Gasteiger partial charge >= 0.3 is 0 Å². The fraction of sp³-hybridized carbons (Fsp3) is 0.708. The Morgan fingerprint density at radius 2 is 2.10 bits per heavy atom. The van der Waals surface area contributed by atoms with Crippen LogP contribution >= 0.6 is 11.6 Å². The van der Waals surface area contributed by atoms with Crippen molar-refractivity contribution in [2.75, 3.05) is 32.9 Å². The zero-order valence-electron chi connectivity index (χ0n) is 17.8. The van der Waals surface area contributed by atoms with Crippen LogP contribution in [0.25, 0.3) is 0 Å². The summed E-state index contributed by atoms with van der Waals surface area (Å²) >= 11 is 6.37. The molecule has 1 aromatic rings. The van der Waals surface area contributed by atoms with Gasteiger partial charge < -0.3 is 20.5 Å². The molecule has 0 spiro atoms. The Labute approximate surface area is 184 Å². The maximum Gasteiger partial charge on any atom is 0.252 e. The van der Waals surface area contributed by atoms with Gasteiger partial charge in [-0.15, -0.1) is 0 Å². The van der Waals surface area contributed by atoms with Crippen molar-refractivity contribution in [1.29, 1.82) is 0 Å². The van der Waals surface area contributed by atoms with Crippen molar-refractivity contribution in [2.45, 2.75) is 51.5 Å². The van der Waals surface area contributed by atoms with Gasteiger partial charge in [-0.05, 0) is 73.0 Å². The molecule has 3 N–H and O–H groups in total. The van der Waals surface area contributed by atoms with E-state index in [1.54, 1.807) is 0 Å². The van der Waals surface area contributed by atoms with E-state index in [-0.39, 0.29) is 12.5 Å². The molecule has 0 aliphatic heterocycles. The van der Waals surface area contributed by atoms with Gasteiger partial charge in [0.25, 0.3) is 5.91 Å². The lowest BCUT2D eigenvalue weighted by Gasteiger charge is -2.40. The van der Waals surface area contributed by atoms with Crippen LogP contribution in [0.2, 0.25) is 5.02 Å². The second-order valence-corrected chi connectivity index (χ2v) is 10.1. The van der Waals surface area contributed by atoms with E-state index < -0.39 is 0 Å². The van der Waals surface area contributed by atoms with Gasteiger partial charge in [-0.1, -0.05) is 30.5 Å². The Kier molecular flexibility index (Phi) is 7.35. The lowest BCUT2D eigenvalue weighted by molar-refractivity contribution is 0.0854. The summed E-state index contributed by atoms with van der Waals surface area (Å²) in [7, 11) is 0. The number of benzene rings is 1. The Morgan fingerprint density at radius 3 is 2.97 bits per heavy atom. The van der Waals surface area contributed by atoms with Gasteiger partial charge in [0.05, 0.1) is 30.4 Å². The maximum atomic E-state index is 13.0. The van der Waals surface area contributed by atoms with E-state index in [4.69, 9.17) is 21.4 Å². The topological polar surface area (TPSA) is 70.6 Å². The zero-order chi connectivity index (χ0) is 21.0. The van der Waals surface area contributed by atoms with Crippen molar-refractivity contribution in [1.82, 2.24) is 10.6 Å². The first-order chi connectivity index (χ1) is 14.6. The lowest BCUT2D eigenvalue weighted by atomic mass is 9.67. The maximum absolute atomic E-state index is 13.0. The average Bonchev–Trinajstić information content (AvgIpc) is 2.96. The number of aliphatic hydroxyl groups is 1. The highest BCUT2D eigenvalue weighted by Crippen LogP contribution is 2.58. The molecule has 3 bridgehead atoms. The Bertz CT molecular complexity index is 743. The minimum absolute atomic E-state index is 0.0405. The van der Waals surface area contributed by atoms with Crippen LogP contribution in [0.3, 0.4) is 0 Å². The zero-order valence-corrected chi connectivity index (χ0v) is 18.6. The molecule has 0 aromatic heterocycles. The van der Waals surface area contributed by atoms with Crippen molar-refractivity contribution in [2.24, 2.45) is 23.2 Å². The van der Waals surface area contributed by atoms with E-state index in [0.29, 0.717) is 42.3 Å².